The summed E-state index contributed by atoms with van der Waals surface area (Å²) in [5, 5.41) is 0. The van der Waals surface area contributed by atoms with Gasteiger partial charge < -0.3 is 15.4 Å². The van der Waals surface area contributed by atoms with Gasteiger partial charge in [-0.05, 0) is 24.1 Å². The number of esters is 1. The molecule has 2 amide bonds. The Balaban J connectivity index is 2.24. The number of rotatable bonds is 7. The van der Waals surface area contributed by atoms with Crippen LogP contribution in [-0.2, 0) is 16.1 Å². The van der Waals surface area contributed by atoms with Gasteiger partial charge in [-0.2, -0.15) is 0 Å². The fourth-order valence-corrected chi connectivity index (χ4v) is 2.36. The lowest BCUT2D eigenvalue weighted by Crippen LogP contribution is -2.38. The van der Waals surface area contributed by atoms with E-state index < -0.39 is 12.0 Å². The van der Waals surface area contributed by atoms with Gasteiger partial charge in [0.05, 0.1) is 18.7 Å². The van der Waals surface area contributed by atoms with E-state index in [1.807, 2.05) is 60.7 Å². The minimum Gasteiger partial charge on any atom is -0.463 e. The van der Waals surface area contributed by atoms with Gasteiger partial charge in [-0.15, -0.1) is 0 Å². The zero-order chi connectivity index (χ0) is 18.1. The van der Waals surface area contributed by atoms with Crippen molar-refractivity contribution in [3.8, 4) is 0 Å². The van der Waals surface area contributed by atoms with Gasteiger partial charge in [0.15, 0.2) is 0 Å². The molecular formula is C20H22N2O3. The number of hydrogen-bond acceptors (Lipinski definition) is 3. The Labute approximate surface area is 147 Å². The molecule has 0 radical (unpaired) electrons. The molecule has 5 heteroatoms. The van der Waals surface area contributed by atoms with Gasteiger partial charge in [0, 0.05) is 6.54 Å². The lowest BCUT2D eigenvalue weighted by Gasteiger charge is -2.21. The molecule has 0 heterocycles. The maximum absolute atomic E-state index is 12.3. The summed E-state index contributed by atoms with van der Waals surface area (Å²) in [5.74, 6) is -0.453. The summed E-state index contributed by atoms with van der Waals surface area (Å²) in [6.07, 6.45) is 1.72. The SMILES string of the molecule is CCOC(=O)/C(=C\c1ccccc1)CN(Cc1ccccc1)C(N)=O. The minimum absolute atomic E-state index is 0.0813. The van der Waals surface area contributed by atoms with Crippen LogP contribution in [0.2, 0.25) is 0 Å². The summed E-state index contributed by atoms with van der Waals surface area (Å²) in [6.45, 7) is 2.41. The standard InChI is InChI=1S/C20H22N2O3/c1-2-25-19(23)18(13-16-9-5-3-6-10-16)15-22(20(21)24)14-17-11-7-4-8-12-17/h3-13H,2,14-15H2,1H3,(H2,21,24)/b18-13-. The fourth-order valence-electron chi connectivity index (χ4n) is 2.36. The van der Waals surface area contributed by atoms with Crippen molar-refractivity contribution in [1.29, 1.82) is 0 Å². The van der Waals surface area contributed by atoms with Crippen molar-refractivity contribution in [2.24, 2.45) is 5.73 Å². The van der Waals surface area contributed by atoms with E-state index >= 15 is 0 Å². The van der Waals surface area contributed by atoms with Crippen LogP contribution < -0.4 is 5.73 Å². The summed E-state index contributed by atoms with van der Waals surface area (Å²) >= 11 is 0. The molecule has 0 saturated carbocycles. The lowest BCUT2D eigenvalue weighted by molar-refractivity contribution is -0.138. The number of carbonyl (C=O) groups is 2. The Morgan fingerprint density at radius 2 is 1.64 bits per heavy atom. The molecule has 0 fully saturated rings. The maximum atomic E-state index is 12.3. The summed E-state index contributed by atoms with van der Waals surface area (Å²) in [5.41, 5.74) is 7.68. The van der Waals surface area contributed by atoms with E-state index in [2.05, 4.69) is 0 Å². The van der Waals surface area contributed by atoms with Crippen LogP contribution >= 0.6 is 0 Å². The third-order valence-corrected chi connectivity index (χ3v) is 3.57. The zero-order valence-electron chi connectivity index (χ0n) is 14.2. The second-order valence-corrected chi connectivity index (χ2v) is 5.48. The van der Waals surface area contributed by atoms with Gasteiger partial charge in [0.25, 0.3) is 0 Å². The largest absolute Gasteiger partial charge is 0.463 e. The van der Waals surface area contributed by atoms with Gasteiger partial charge in [-0.3, -0.25) is 0 Å². The molecule has 5 nitrogen and oxygen atoms in total. The second kappa shape index (κ2) is 9.27. The Kier molecular flexibility index (Phi) is 6.77. The molecule has 0 aliphatic heterocycles. The number of amides is 2. The van der Waals surface area contributed by atoms with Crippen molar-refractivity contribution in [3.63, 3.8) is 0 Å². The van der Waals surface area contributed by atoms with Gasteiger partial charge in [-0.1, -0.05) is 60.7 Å². The van der Waals surface area contributed by atoms with Crippen LogP contribution in [0, 0.1) is 0 Å². The van der Waals surface area contributed by atoms with Crippen molar-refractivity contribution >= 4 is 18.1 Å². The van der Waals surface area contributed by atoms with Crippen molar-refractivity contribution in [3.05, 3.63) is 77.4 Å². The Morgan fingerprint density at radius 3 is 2.20 bits per heavy atom. The molecule has 0 saturated heterocycles. The first-order chi connectivity index (χ1) is 12.1. The molecule has 0 aliphatic carbocycles. The highest BCUT2D eigenvalue weighted by Crippen LogP contribution is 2.13. The van der Waals surface area contributed by atoms with Crippen molar-refractivity contribution in [2.75, 3.05) is 13.2 Å². The average molecular weight is 338 g/mol. The van der Waals surface area contributed by atoms with Gasteiger partial charge in [0.1, 0.15) is 0 Å². The monoisotopic (exact) mass is 338 g/mol. The molecule has 0 unspecified atom stereocenters. The van der Waals surface area contributed by atoms with Crippen LogP contribution in [0.4, 0.5) is 4.79 Å². The summed E-state index contributed by atoms with van der Waals surface area (Å²) in [6, 6.07) is 18.3. The molecule has 0 aromatic heterocycles. The summed E-state index contributed by atoms with van der Waals surface area (Å²) in [7, 11) is 0. The summed E-state index contributed by atoms with van der Waals surface area (Å²) in [4.78, 5) is 25.5. The number of benzene rings is 2. The van der Waals surface area contributed by atoms with Crippen LogP contribution in [-0.4, -0.2) is 30.1 Å². The van der Waals surface area contributed by atoms with E-state index in [1.54, 1.807) is 13.0 Å². The number of primary amides is 1. The first-order valence-corrected chi connectivity index (χ1v) is 8.11. The first kappa shape index (κ1) is 18.3. The number of urea groups is 1. The van der Waals surface area contributed by atoms with E-state index in [1.165, 1.54) is 4.90 Å². The highest BCUT2D eigenvalue weighted by Gasteiger charge is 2.18. The first-order valence-electron chi connectivity index (χ1n) is 8.11. The molecule has 0 aliphatic rings. The predicted octanol–water partition coefficient (Wildman–Crippen LogP) is 3.21. The molecule has 0 bridgehead atoms. The summed E-state index contributed by atoms with van der Waals surface area (Å²) < 4.78 is 5.12. The number of nitrogens with two attached hydrogens (primary N) is 1. The Bertz CT molecular complexity index is 727. The quantitative estimate of drug-likeness (QED) is 0.622. The van der Waals surface area contributed by atoms with Crippen LogP contribution in [0.1, 0.15) is 18.1 Å². The molecule has 25 heavy (non-hydrogen) atoms. The van der Waals surface area contributed by atoms with Crippen molar-refractivity contribution < 1.29 is 14.3 Å². The molecule has 0 atom stereocenters. The second-order valence-electron chi connectivity index (χ2n) is 5.48. The van der Waals surface area contributed by atoms with Crippen molar-refractivity contribution in [2.45, 2.75) is 13.5 Å². The molecular weight excluding hydrogens is 316 g/mol. The predicted molar refractivity (Wildman–Crippen MR) is 97.5 cm³/mol. The number of nitrogens with zero attached hydrogens (tertiary/aromatic N) is 1. The van der Waals surface area contributed by atoms with Gasteiger partial charge in [-0.25, -0.2) is 9.59 Å². The van der Waals surface area contributed by atoms with Crippen LogP contribution in [0.25, 0.3) is 6.08 Å². The molecule has 0 spiro atoms. The molecule has 2 aromatic rings. The minimum atomic E-state index is -0.591. The molecule has 2 N–H and O–H groups in total. The third kappa shape index (κ3) is 5.80. The van der Waals surface area contributed by atoms with Crippen LogP contribution in [0.3, 0.4) is 0 Å². The maximum Gasteiger partial charge on any atom is 0.335 e. The Hall–Kier alpha value is -3.08. The highest BCUT2D eigenvalue weighted by molar-refractivity contribution is 5.94. The van der Waals surface area contributed by atoms with E-state index in [0.29, 0.717) is 12.1 Å². The number of carbonyl (C=O) groups excluding carboxylic acids is 2. The fraction of sp³-hybridized carbons (Fsp3) is 0.200. The lowest BCUT2D eigenvalue weighted by atomic mass is 10.1. The van der Waals surface area contributed by atoms with E-state index in [-0.39, 0.29) is 13.2 Å². The molecule has 2 aromatic carbocycles. The smallest absolute Gasteiger partial charge is 0.335 e. The van der Waals surface area contributed by atoms with Crippen molar-refractivity contribution in [1.82, 2.24) is 4.90 Å². The van der Waals surface area contributed by atoms with Crippen LogP contribution in [0.5, 0.6) is 0 Å². The van der Waals surface area contributed by atoms with Crippen LogP contribution in [0.15, 0.2) is 66.2 Å². The highest BCUT2D eigenvalue weighted by atomic mass is 16.5. The van der Waals surface area contributed by atoms with Gasteiger partial charge >= 0.3 is 12.0 Å². The third-order valence-electron chi connectivity index (χ3n) is 3.57. The average Bonchev–Trinajstić information content (AvgIpc) is 2.62. The van der Waals surface area contributed by atoms with Gasteiger partial charge in [0.2, 0.25) is 0 Å². The topological polar surface area (TPSA) is 72.6 Å². The van der Waals surface area contributed by atoms with E-state index in [0.717, 1.165) is 11.1 Å². The number of hydrogen-bond donors (Lipinski definition) is 1. The zero-order valence-corrected chi connectivity index (χ0v) is 14.2. The molecule has 2 rings (SSSR count). The van der Waals surface area contributed by atoms with E-state index in [4.69, 9.17) is 10.5 Å². The number of ether oxygens (including phenoxy) is 1. The Morgan fingerprint density at radius 1 is 1.04 bits per heavy atom. The normalized spacial score (nSPS) is 11.0. The van der Waals surface area contributed by atoms with E-state index in [9.17, 15) is 9.59 Å². The molecule has 130 valence electrons.